The SMILES string of the molecule is COc1ccc(NC(=O)CN(C(C)(C)C)S(C)(=O)=O)cc1OC. The Bertz CT molecular complexity index is 665. The van der Waals surface area contributed by atoms with Gasteiger partial charge in [-0.15, -0.1) is 0 Å². The molecule has 1 N–H and O–H groups in total. The third-order valence-electron chi connectivity index (χ3n) is 3.10. The summed E-state index contributed by atoms with van der Waals surface area (Å²) in [6, 6.07) is 4.92. The largest absolute Gasteiger partial charge is 0.493 e. The molecule has 1 aromatic carbocycles. The van der Waals surface area contributed by atoms with Crippen molar-refractivity contribution in [2.45, 2.75) is 26.3 Å². The third kappa shape index (κ3) is 5.40. The lowest BCUT2D eigenvalue weighted by Gasteiger charge is -2.32. The quantitative estimate of drug-likeness (QED) is 0.849. The summed E-state index contributed by atoms with van der Waals surface area (Å²) in [6.07, 6.45) is 1.09. The van der Waals surface area contributed by atoms with Crippen LogP contribution in [0.2, 0.25) is 0 Å². The van der Waals surface area contributed by atoms with E-state index in [1.54, 1.807) is 39.0 Å². The minimum atomic E-state index is -3.51. The van der Waals surface area contributed by atoms with Gasteiger partial charge in [-0.3, -0.25) is 4.79 Å². The van der Waals surface area contributed by atoms with Crippen molar-refractivity contribution in [1.29, 1.82) is 0 Å². The molecule has 0 fully saturated rings. The van der Waals surface area contributed by atoms with Gasteiger partial charge in [0.15, 0.2) is 11.5 Å². The number of nitrogens with one attached hydrogen (secondary N) is 1. The Balaban J connectivity index is 2.91. The highest BCUT2D eigenvalue weighted by atomic mass is 32.2. The predicted molar refractivity (Wildman–Crippen MR) is 89.5 cm³/mol. The number of carbonyl (C=O) groups excluding carboxylic acids is 1. The van der Waals surface area contributed by atoms with Crippen molar-refractivity contribution in [3.63, 3.8) is 0 Å². The van der Waals surface area contributed by atoms with E-state index in [9.17, 15) is 13.2 Å². The van der Waals surface area contributed by atoms with Gasteiger partial charge >= 0.3 is 0 Å². The van der Waals surface area contributed by atoms with Crippen LogP contribution in [-0.2, 0) is 14.8 Å². The zero-order valence-corrected chi connectivity index (χ0v) is 15.2. The molecule has 0 saturated heterocycles. The van der Waals surface area contributed by atoms with Gasteiger partial charge in [0.1, 0.15) is 0 Å². The standard InChI is InChI=1S/C15H24N2O5S/c1-15(2,3)17(23(6,19)20)10-14(18)16-11-7-8-12(21-4)13(9-11)22-5/h7-9H,10H2,1-6H3,(H,16,18). The van der Waals surface area contributed by atoms with Crippen molar-refractivity contribution in [1.82, 2.24) is 4.31 Å². The highest BCUT2D eigenvalue weighted by Crippen LogP contribution is 2.29. The maximum atomic E-state index is 12.2. The van der Waals surface area contributed by atoms with Crippen molar-refractivity contribution in [3.05, 3.63) is 18.2 Å². The smallest absolute Gasteiger partial charge is 0.239 e. The maximum absolute atomic E-state index is 12.2. The summed E-state index contributed by atoms with van der Waals surface area (Å²) in [5.41, 5.74) is -0.197. The third-order valence-corrected chi connectivity index (χ3v) is 4.58. The molecule has 0 aromatic heterocycles. The summed E-state index contributed by atoms with van der Waals surface area (Å²) < 4.78 is 35.2. The van der Waals surface area contributed by atoms with E-state index in [1.165, 1.54) is 14.2 Å². The van der Waals surface area contributed by atoms with E-state index in [0.29, 0.717) is 17.2 Å². The lowest BCUT2D eigenvalue weighted by molar-refractivity contribution is -0.117. The van der Waals surface area contributed by atoms with Crippen LogP contribution >= 0.6 is 0 Å². The van der Waals surface area contributed by atoms with E-state index in [0.717, 1.165) is 10.6 Å². The zero-order chi connectivity index (χ0) is 17.8. The normalized spacial score (nSPS) is 12.1. The number of anilines is 1. The zero-order valence-electron chi connectivity index (χ0n) is 14.3. The van der Waals surface area contributed by atoms with E-state index in [-0.39, 0.29) is 6.54 Å². The minimum absolute atomic E-state index is 0.267. The summed E-state index contributed by atoms with van der Waals surface area (Å²) >= 11 is 0. The molecule has 0 atom stereocenters. The lowest BCUT2D eigenvalue weighted by Crippen LogP contribution is -2.48. The first-order valence-electron chi connectivity index (χ1n) is 6.98. The minimum Gasteiger partial charge on any atom is -0.493 e. The van der Waals surface area contributed by atoms with Crippen molar-refractivity contribution in [2.75, 3.05) is 32.3 Å². The van der Waals surface area contributed by atoms with Gasteiger partial charge in [-0.2, -0.15) is 4.31 Å². The van der Waals surface area contributed by atoms with Gasteiger partial charge in [0.2, 0.25) is 15.9 Å². The van der Waals surface area contributed by atoms with Gasteiger partial charge in [-0.05, 0) is 32.9 Å². The molecule has 130 valence electrons. The van der Waals surface area contributed by atoms with E-state index in [4.69, 9.17) is 9.47 Å². The fourth-order valence-corrected chi connectivity index (χ4v) is 3.44. The molecule has 1 rings (SSSR count). The highest BCUT2D eigenvalue weighted by molar-refractivity contribution is 7.88. The number of sulfonamides is 1. The lowest BCUT2D eigenvalue weighted by atomic mass is 10.1. The van der Waals surface area contributed by atoms with Gasteiger partial charge in [-0.1, -0.05) is 0 Å². The number of benzene rings is 1. The van der Waals surface area contributed by atoms with Gasteiger partial charge < -0.3 is 14.8 Å². The second-order valence-electron chi connectivity index (χ2n) is 6.06. The van der Waals surface area contributed by atoms with Crippen LogP contribution in [0.5, 0.6) is 11.5 Å². The van der Waals surface area contributed by atoms with Crippen LogP contribution in [0.25, 0.3) is 0 Å². The predicted octanol–water partition coefficient (Wildman–Crippen LogP) is 1.70. The number of ether oxygens (including phenoxy) is 2. The molecule has 0 aliphatic heterocycles. The summed E-state index contributed by atoms with van der Waals surface area (Å²) in [7, 11) is -0.494. The average molecular weight is 344 g/mol. The first-order chi connectivity index (χ1) is 10.5. The number of hydrogen-bond donors (Lipinski definition) is 1. The van der Waals surface area contributed by atoms with Crippen LogP contribution in [-0.4, -0.2) is 51.2 Å². The molecule has 8 heteroatoms. The number of amides is 1. The average Bonchev–Trinajstić information content (AvgIpc) is 2.42. The molecule has 0 saturated carbocycles. The van der Waals surface area contributed by atoms with Crippen LogP contribution in [0.3, 0.4) is 0 Å². The number of carbonyl (C=O) groups is 1. The van der Waals surface area contributed by atoms with E-state index < -0.39 is 21.5 Å². The second-order valence-corrected chi connectivity index (χ2v) is 7.97. The first kappa shape index (κ1) is 19.2. The molecule has 1 aromatic rings. The molecule has 23 heavy (non-hydrogen) atoms. The van der Waals surface area contributed by atoms with Crippen LogP contribution in [0.15, 0.2) is 18.2 Å². The van der Waals surface area contributed by atoms with Crippen molar-refractivity contribution in [2.24, 2.45) is 0 Å². The Labute approximate surface area is 137 Å². The van der Waals surface area contributed by atoms with Crippen molar-refractivity contribution >= 4 is 21.6 Å². The summed E-state index contributed by atoms with van der Waals surface area (Å²) in [6.45, 7) is 4.93. The van der Waals surface area contributed by atoms with Gasteiger partial charge in [0.25, 0.3) is 0 Å². The van der Waals surface area contributed by atoms with Crippen molar-refractivity contribution < 1.29 is 22.7 Å². The Hall–Kier alpha value is -1.80. The molecular formula is C15H24N2O5S. The van der Waals surface area contributed by atoms with Crippen molar-refractivity contribution in [3.8, 4) is 11.5 Å². The number of nitrogens with zero attached hydrogens (tertiary/aromatic N) is 1. The summed E-state index contributed by atoms with van der Waals surface area (Å²) in [5, 5.41) is 2.66. The Morgan fingerprint density at radius 1 is 1.17 bits per heavy atom. The van der Waals surface area contributed by atoms with E-state index in [2.05, 4.69) is 5.32 Å². The molecule has 0 aliphatic rings. The van der Waals surface area contributed by atoms with E-state index in [1.807, 2.05) is 0 Å². The summed E-state index contributed by atoms with van der Waals surface area (Å²) in [4.78, 5) is 12.2. The number of hydrogen-bond acceptors (Lipinski definition) is 5. The molecule has 0 unspecified atom stereocenters. The maximum Gasteiger partial charge on any atom is 0.239 e. The van der Waals surface area contributed by atoms with Crippen LogP contribution in [0.1, 0.15) is 20.8 Å². The second kappa shape index (κ2) is 7.18. The Kier molecular flexibility index (Phi) is 6.01. The highest BCUT2D eigenvalue weighted by Gasteiger charge is 2.31. The first-order valence-corrected chi connectivity index (χ1v) is 8.83. The van der Waals surface area contributed by atoms with E-state index >= 15 is 0 Å². The number of rotatable bonds is 6. The topological polar surface area (TPSA) is 84.9 Å². The molecule has 0 spiro atoms. The molecule has 1 amide bonds. The monoisotopic (exact) mass is 344 g/mol. The summed E-state index contributed by atoms with van der Waals surface area (Å²) in [5.74, 6) is 0.580. The van der Waals surface area contributed by atoms with Gasteiger partial charge in [0, 0.05) is 17.3 Å². The molecule has 7 nitrogen and oxygen atoms in total. The fourth-order valence-electron chi connectivity index (χ4n) is 2.10. The van der Waals surface area contributed by atoms with Crippen LogP contribution in [0, 0.1) is 0 Å². The van der Waals surface area contributed by atoms with Crippen LogP contribution in [0.4, 0.5) is 5.69 Å². The molecular weight excluding hydrogens is 320 g/mol. The van der Waals surface area contributed by atoms with Crippen LogP contribution < -0.4 is 14.8 Å². The number of methoxy groups -OCH3 is 2. The molecule has 0 bridgehead atoms. The Morgan fingerprint density at radius 2 is 1.74 bits per heavy atom. The molecule has 0 heterocycles. The molecule has 0 aliphatic carbocycles. The van der Waals surface area contributed by atoms with Gasteiger partial charge in [-0.25, -0.2) is 8.42 Å². The Morgan fingerprint density at radius 3 is 2.17 bits per heavy atom. The molecule has 0 radical (unpaired) electrons. The van der Waals surface area contributed by atoms with Gasteiger partial charge in [0.05, 0.1) is 27.0 Å². The fraction of sp³-hybridized carbons (Fsp3) is 0.533.